The maximum Gasteiger partial charge on any atom is 0.319 e. The number of nitrogens with two attached hydrogens (primary N) is 1. The molecule has 2 atom stereocenters. The molecule has 54 heavy (non-hydrogen) atoms. The molecule has 1 aliphatic rings. The van der Waals surface area contributed by atoms with Crippen LogP contribution in [0, 0.1) is 0 Å². The van der Waals surface area contributed by atoms with Crippen LogP contribution in [0.25, 0.3) is 10.9 Å². The van der Waals surface area contributed by atoms with E-state index in [0.29, 0.717) is 40.4 Å². The van der Waals surface area contributed by atoms with Crippen LogP contribution in [0.4, 0.5) is 10.5 Å². The molecule has 5 aromatic rings. The first-order chi connectivity index (χ1) is 26.2. The maximum atomic E-state index is 13.8. The van der Waals surface area contributed by atoms with Crippen molar-refractivity contribution in [3.63, 3.8) is 0 Å². The highest BCUT2D eigenvalue weighted by Crippen LogP contribution is 2.29. The number of likely N-dealkylation sites (tertiary alicyclic amines) is 1. The van der Waals surface area contributed by atoms with E-state index < -0.39 is 24.0 Å². The van der Waals surface area contributed by atoms with E-state index in [4.69, 9.17) is 45.6 Å². The Morgan fingerprint density at radius 1 is 0.778 bits per heavy atom. The second-order valence-electron chi connectivity index (χ2n) is 13.3. The molecule has 1 aromatic heterocycles. The van der Waals surface area contributed by atoms with E-state index in [1.54, 1.807) is 42.5 Å². The summed E-state index contributed by atoms with van der Waals surface area (Å²) in [5, 5.41) is 19.0. The van der Waals surface area contributed by atoms with Crippen LogP contribution in [-0.2, 0) is 35.6 Å². The van der Waals surface area contributed by atoms with Gasteiger partial charge in [-0.3, -0.25) is 19.2 Å². The first-order valence-electron chi connectivity index (χ1n) is 18.0. The third-order valence-corrected chi connectivity index (χ3v) is 10.4. The highest BCUT2D eigenvalue weighted by molar-refractivity contribution is 6.36. The number of carbonyl (C=O) groups is 3. The molecule has 0 unspecified atom stereocenters. The second-order valence-corrected chi connectivity index (χ2v) is 14.6. The van der Waals surface area contributed by atoms with Crippen molar-refractivity contribution in [3.8, 4) is 0 Å². The fraction of sp³-hybridized carbons (Fsp3) is 0.300. The third kappa shape index (κ3) is 10.3. The normalized spacial score (nSPS) is 14.1. The standard InChI is InChI=1S/C40H43Cl3N8O3/c41-28-13-11-26(12-14-28)21-35(39(53)47-34(17-18-44)38(52)45-23-27-7-2-1-3-8-27)48-40(54)46-29-15-16-30-36(25-50-19-4-5-20-50)49-51(37(30)22-29)24-31-32(42)9-6-10-33(31)43/h1-3,6-16,22,34-35H,4-5,17-21,23-25,44H2,(H,45,52)(H,47,53)(H2,46,48,54)/t34-,35-/m0/s1. The van der Waals surface area contributed by atoms with Gasteiger partial charge in [0.2, 0.25) is 11.8 Å². The first-order valence-corrected chi connectivity index (χ1v) is 19.1. The summed E-state index contributed by atoms with van der Waals surface area (Å²) in [6.07, 6.45) is 2.66. The van der Waals surface area contributed by atoms with Gasteiger partial charge in [0.15, 0.2) is 0 Å². The average molecular weight is 790 g/mol. The van der Waals surface area contributed by atoms with Crippen LogP contribution in [0.5, 0.6) is 0 Å². The zero-order valence-electron chi connectivity index (χ0n) is 29.7. The number of nitrogens with one attached hydrogen (secondary N) is 4. The summed E-state index contributed by atoms with van der Waals surface area (Å²) in [6.45, 7) is 3.52. The summed E-state index contributed by atoms with van der Waals surface area (Å²) in [4.78, 5) is 43.0. The van der Waals surface area contributed by atoms with Crippen LogP contribution < -0.4 is 27.0 Å². The van der Waals surface area contributed by atoms with Gasteiger partial charge in [-0.15, -0.1) is 0 Å². The number of aromatic nitrogens is 2. The van der Waals surface area contributed by atoms with Gasteiger partial charge in [-0.1, -0.05) is 83.3 Å². The molecule has 2 heterocycles. The van der Waals surface area contributed by atoms with Gasteiger partial charge in [-0.05, 0) is 92.5 Å². The Hall–Kier alpha value is -4.65. The molecule has 6 N–H and O–H groups in total. The van der Waals surface area contributed by atoms with Crippen molar-refractivity contribution >= 4 is 69.2 Å². The molecule has 14 heteroatoms. The van der Waals surface area contributed by atoms with E-state index in [1.807, 2.05) is 53.2 Å². The SMILES string of the molecule is NCC[C@H](NC(=O)[C@H](Cc1ccc(Cl)cc1)NC(=O)Nc1ccc2c(CN3CCCC3)nn(Cc3c(Cl)cccc3Cl)c2c1)C(=O)NCc1ccccc1. The lowest BCUT2D eigenvalue weighted by Crippen LogP contribution is -2.55. The Kier molecular flexibility index (Phi) is 13.4. The third-order valence-electron chi connectivity index (χ3n) is 9.40. The number of anilines is 1. The molecule has 6 rings (SSSR count). The molecule has 282 valence electrons. The van der Waals surface area contributed by atoms with Crippen molar-refractivity contribution < 1.29 is 14.4 Å². The molecular formula is C40H43Cl3N8O3. The fourth-order valence-corrected chi connectivity index (χ4v) is 7.19. The molecule has 1 fully saturated rings. The van der Waals surface area contributed by atoms with E-state index in [2.05, 4.69) is 26.2 Å². The van der Waals surface area contributed by atoms with Crippen molar-refractivity contribution in [2.45, 2.75) is 57.4 Å². The van der Waals surface area contributed by atoms with Crippen LogP contribution in [0.15, 0.2) is 91.0 Å². The Labute approximate surface area is 329 Å². The average Bonchev–Trinajstić information content (AvgIpc) is 3.80. The molecule has 4 amide bonds. The van der Waals surface area contributed by atoms with Crippen LogP contribution in [0.2, 0.25) is 15.1 Å². The van der Waals surface area contributed by atoms with E-state index >= 15 is 0 Å². The minimum atomic E-state index is -1.04. The summed E-state index contributed by atoms with van der Waals surface area (Å²) in [5.74, 6) is -0.912. The van der Waals surface area contributed by atoms with Crippen molar-refractivity contribution in [1.82, 2.24) is 30.6 Å². The number of carbonyl (C=O) groups excluding carboxylic acids is 3. The molecule has 0 radical (unpaired) electrons. The Morgan fingerprint density at radius 3 is 2.20 bits per heavy atom. The van der Waals surface area contributed by atoms with E-state index in [9.17, 15) is 14.4 Å². The highest BCUT2D eigenvalue weighted by Gasteiger charge is 2.27. The van der Waals surface area contributed by atoms with Gasteiger partial charge in [-0.2, -0.15) is 5.10 Å². The number of hydrogen-bond acceptors (Lipinski definition) is 6. The topological polar surface area (TPSA) is 146 Å². The summed E-state index contributed by atoms with van der Waals surface area (Å²) in [5.41, 5.74) is 10.5. The van der Waals surface area contributed by atoms with Crippen LogP contribution in [0.1, 0.15) is 41.6 Å². The smallest absolute Gasteiger partial charge is 0.319 e. The number of amides is 4. The van der Waals surface area contributed by atoms with Crippen LogP contribution in [0.3, 0.4) is 0 Å². The number of hydrogen-bond donors (Lipinski definition) is 5. The summed E-state index contributed by atoms with van der Waals surface area (Å²) >= 11 is 19.2. The minimum absolute atomic E-state index is 0.141. The molecular weight excluding hydrogens is 747 g/mol. The molecule has 1 saturated heterocycles. The van der Waals surface area contributed by atoms with Crippen molar-refractivity contribution in [2.75, 3.05) is 25.0 Å². The lowest BCUT2D eigenvalue weighted by atomic mass is 10.0. The predicted molar refractivity (Wildman–Crippen MR) is 215 cm³/mol. The number of rotatable bonds is 15. The number of nitrogens with zero attached hydrogens (tertiary/aromatic N) is 3. The van der Waals surface area contributed by atoms with E-state index in [0.717, 1.165) is 59.2 Å². The zero-order chi connectivity index (χ0) is 38.0. The Bertz CT molecular complexity index is 2050. The van der Waals surface area contributed by atoms with Crippen LogP contribution in [-0.4, -0.2) is 64.2 Å². The summed E-state index contributed by atoms with van der Waals surface area (Å²) in [7, 11) is 0. The predicted octanol–water partition coefficient (Wildman–Crippen LogP) is 6.52. The monoisotopic (exact) mass is 788 g/mol. The lowest BCUT2D eigenvalue weighted by molar-refractivity contribution is -0.130. The van der Waals surface area contributed by atoms with Gasteiger partial charge < -0.3 is 27.0 Å². The van der Waals surface area contributed by atoms with E-state index in [-0.39, 0.29) is 25.3 Å². The van der Waals surface area contributed by atoms with Crippen molar-refractivity contribution in [2.24, 2.45) is 5.73 Å². The van der Waals surface area contributed by atoms with Crippen molar-refractivity contribution in [3.05, 3.63) is 128 Å². The molecule has 4 aromatic carbocycles. The zero-order valence-corrected chi connectivity index (χ0v) is 31.9. The summed E-state index contributed by atoms with van der Waals surface area (Å²) in [6, 6.07) is 24.9. The van der Waals surface area contributed by atoms with Gasteiger partial charge in [0, 0.05) is 51.2 Å². The number of benzene rings is 4. The maximum absolute atomic E-state index is 13.8. The molecule has 11 nitrogen and oxygen atoms in total. The van der Waals surface area contributed by atoms with Gasteiger partial charge in [0.1, 0.15) is 12.1 Å². The van der Waals surface area contributed by atoms with Crippen LogP contribution >= 0.6 is 34.8 Å². The van der Waals surface area contributed by atoms with Gasteiger partial charge in [-0.25, -0.2) is 4.79 Å². The first kappa shape index (κ1) is 39.1. The fourth-order valence-electron chi connectivity index (χ4n) is 6.55. The quantitative estimate of drug-likeness (QED) is 0.0817. The number of halogens is 3. The molecule has 0 bridgehead atoms. The Balaban J connectivity index is 1.21. The number of fused-ring (bicyclic) bond motifs is 1. The van der Waals surface area contributed by atoms with Gasteiger partial charge in [0.25, 0.3) is 0 Å². The largest absolute Gasteiger partial charge is 0.350 e. The Morgan fingerprint density at radius 2 is 1.50 bits per heavy atom. The lowest BCUT2D eigenvalue weighted by Gasteiger charge is -2.23. The minimum Gasteiger partial charge on any atom is -0.350 e. The molecule has 0 spiro atoms. The second kappa shape index (κ2) is 18.6. The molecule has 1 aliphatic heterocycles. The highest BCUT2D eigenvalue weighted by atomic mass is 35.5. The van der Waals surface area contributed by atoms with Gasteiger partial charge in [0.05, 0.1) is 17.8 Å². The van der Waals surface area contributed by atoms with Crippen molar-refractivity contribution in [1.29, 1.82) is 0 Å². The summed E-state index contributed by atoms with van der Waals surface area (Å²) < 4.78 is 1.86. The molecule has 0 saturated carbocycles. The molecule has 0 aliphatic carbocycles. The number of urea groups is 1. The van der Waals surface area contributed by atoms with Gasteiger partial charge >= 0.3 is 6.03 Å². The van der Waals surface area contributed by atoms with E-state index in [1.165, 1.54) is 0 Å².